The second kappa shape index (κ2) is 6.13. The maximum absolute atomic E-state index is 12.7. The summed E-state index contributed by atoms with van der Waals surface area (Å²) in [4.78, 5) is 38.3. The minimum Gasteiger partial charge on any atom is -0.480 e. The number of amides is 3. The summed E-state index contributed by atoms with van der Waals surface area (Å²) in [5, 5.41) is 9.17. The number of hydrogen-bond acceptors (Lipinski definition) is 4. The molecule has 2 aliphatic rings. The van der Waals surface area contributed by atoms with Crippen molar-refractivity contribution in [1.82, 2.24) is 9.80 Å². The van der Waals surface area contributed by atoms with Crippen LogP contribution in [-0.2, 0) is 9.59 Å². The van der Waals surface area contributed by atoms with Crippen molar-refractivity contribution in [1.29, 1.82) is 0 Å². The molecule has 0 aliphatic carbocycles. The Hall–Kier alpha value is -1.44. The number of thioether (sulfide) groups is 1. The number of carbonyl (C=O) groups is 3. The molecule has 0 saturated carbocycles. The van der Waals surface area contributed by atoms with E-state index < -0.39 is 17.9 Å². The molecule has 3 atom stereocenters. The number of aliphatic carboxylic acids is 1. The molecule has 8 heteroatoms. The first-order valence-corrected chi connectivity index (χ1v) is 8.08. The van der Waals surface area contributed by atoms with Crippen molar-refractivity contribution < 1.29 is 19.5 Å². The lowest BCUT2D eigenvalue weighted by Crippen LogP contribution is -2.52. The van der Waals surface area contributed by atoms with E-state index in [-0.39, 0.29) is 29.8 Å². The van der Waals surface area contributed by atoms with Crippen LogP contribution in [0, 0.1) is 11.8 Å². The fraction of sp³-hybridized carbons (Fsp3) is 0.769. The number of rotatable bonds is 3. The van der Waals surface area contributed by atoms with Gasteiger partial charge in [-0.3, -0.25) is 9.69 Å². The highest BCUT2D eigenvalue weighted by atomic mass is 32.2. The van der Waals surface area contributed by atoms with E-state index in [1.807, 2.05) is 13.8 Å². The van der Waals surface area contributed by atoms with Crippen molar-refractivity contribution in [3.05, 3.63) is 0 Å². The number of carboxylic acids is 1. The van der Waals surface area contributed by atoms with Crippen LogP contribution >= 0.6 is 11.8 Å². The first-order chi connectivity index (χ1) is 9.82. The van der Waals surface area contributed by atoms with E-state index in [1.165, 1.54) is 16.7 Å². The first kappa shape index (κ1) is 15.9. The van der Waals surface area contributed by atoms with Gasteiger partial charge in [0.1, 0.15) is 6.04 Å². The molecular formula is C13H21N3O4S. The molecule has 0 aromatic heterocycles. The molecule has 2 heterocycles. The summed E-state index contributed by atoms with van der Waals surface area (Å²) in [7, 11) is 0. The van der Waals surface area contributed by atoms with E-state index in [1.54, 1.807) is 4.90 Å². The van der Waals surface area contributed by atoms with Crippen molar-refractivity contribution in [3.8, 4) is 0 Å². The Bertz CT molecular complexity index is 457. The third-order valence-corrected chi connectivity index (χ3v) is 5.59. The normalized spacial score (nSPS) is 29.2. The van der Waals surface area contributed by atoms with Crippen LogP contribution in [0.15, 0.2) is 0 Å². The van der Waals surface area contributed by atoms with Crippen molar-refractivity contribution in [2.75, 3.05) is 18.8 Å². The number of hydrogen-bond donors (Lipinski definition) is 2. The minimum atomic E-state index is -0.982. The topological polar surface area (TPSA) is 104 Å². The summed E-state index contributed by atoms with van der Waals surface area (Å²) in [6, 6.07) is -1.10. The maximum Gasteiger partial charge on any atom is 0.327 e. The zero-order chi connectivity index (χ0) is 15.7. The fourth-order valence-electron chi connectivity index (χ4n) is 2.80. The Morgan fingerprint density at radius 2 is 2.00 bits per heavy atom. The van der Waals surface area contributed by atoms with Gasteiger partial charge in [0, 0.05) is 18.8 Å². The summed E-state index contributed by atoms with van der Waals surface area (Å²) >= 11 is 1.50. The SMILES string of the molecule is CC(C)C1SCC(C(=O)O)N1C(=O)N1CCC(C(N)=O)C1. The Kier molecular flexibility index (Phi) is 4.65. The summed E-state index contributed by atoms with van der Waals surface area (Å²) in [6.45, 7) is 4.67. The van der Waals surface area contributed by atoms with Gasteiger partial charge in [-0.05, 0) is 12.3 Å². The molecule has 0 aromatic rings. The molecule has 7 nitrogen and oxygen atoms in total. The van der Waals surface area contributed by atoms with E-state index in [0.29, 0.717) is 18.7 Å². The summed E-state index contributed by atoms with van der Waals surface area (Å²) in [6.07, 6.45) is 0.548. The Labute approximate surface area is 127 Å². The average molecular weight is 315 g/mol. The molecular weight excluding hydrogens is 294 g/mol. The van der Waals surface area contributed by atoms with Crippen molar-refractivity contribution >= 4 is 29.7 Å². The van der Waals surface area contributed by atoms with Crippen LogP contribution in [0.4, 0.5) is 4.79 Å². The summed E-state index contributed by atoms with van der Waals surface area (Å²) in [5.74, 6) is -1.15. The highest BCUT2D eigenvalue weighted by molar-refractivity contribution is 8.00. The van der Waals surface area contributed by atoms with Crippen LogP contribution in [0.25, 0.3) is 0 Å². The van der Waals surface area contributed by atoms with E-state index >= 15 is 0 Å². The van der Waals surface area contributed by atoms with Crippen LogP contribution in [-0.4, -0.2) is 63.1 Å². The highest BCUT2D eigenvalue weighted by Crippen LogP contribution is 2.35. The molecule has 3 amide bonds. The van der Waals surface area contributed by atoms with Gasteiger partial charge in [-0.2, -0.15) is 0 Å². The van der Waals surface area contributed by atoms with Crippen LogP contribution in [0.1, 0.15) is 20.3 Å². The molecule has 2 saturated heterocycles. The van der Waals surface area contributed by atoms with Crippen LogP contribution in [0.5, 0.6) is 0 Å². The summed E-state index contributed by atoms with van der Waals surface area (Å²) < 4.78 is 0. The zero-order valence-electron chi connectivity index (χ0n) is 12.2. The second-order valence-electron chi connectivity index (χ2n) is 5.85. The zero-order valence-corrected chi connectivity index (χ0v) is 13.0. The maximum atomic E-state index is 12.7. The molecule has 118 valence electrons. The third-order valence-electron chi connectivity index (χ3n) is 3.97. The van der Waals surface area contributed by atoms with E-state index in [0.717, 1.165) is 0 Å². The Morgan fingerprint density at radius 3 is 2.48 bits per heavy atom. The van der Waals surface area contributed by atoms with E-state index in [9.17, 15) is 19.5 Å². The first-order valence-electron chi connectivity index (χ1n) is 7.04. The van der Waals surface area contributed by atoms with Gasteiger partial charge in [0.15, 0.2) is 0 Å². The monoisotopic (exact) mass is 315 g/mol. The number of nitrogens with two attached hydrogens (primary N) is 1. The van der Waals surface area contributed by atoms with Gasteiger partial charge in [-0.25, -0.2) is 9.59 Å². The molecule has 0 radical (unpaired) electrons. The van der Waals surface area contributed by atoms with Gasteiger partial charge >= 0.3 is 12.0 Å². The molecule has 3 unspecified atom stereocenters. The van der Waals surface area contributed by atoms with Crippen LogP contribution in [0.3, 0.4) is 0 Å². The molecule has 2 fully saturated rings. The third kappa shape index (κ3) is 3.09. The van der Waals surface area contributed by atoms with Gasteiger partial charge in [-0.15, -0.1) is 11.8 Å². The smallest absolute Gasteiger partial charge is 0.327 e. The van der Waals surface area contributed by atoms with Crippen molar-refractivity contribution in [2.45, 2.75) is 31.7 Å². The number of urea groups is 1. The Balaban J connectivity index is 2.14. The van der Waals surface area contributed by atoms with Gasteiger partial charge in [0.25, 0.3) is 0 Å². The molecule has 21 heavy (non-hydrogen) atoms. The lowest BCUT2D eigenvalue weighted by molar-refractivity contribution is -0.141. The molecule has 0 aromatic carbocycles. The lowest BCUT2D eigenvalue weighted by atomic mass is 10.1. The van der Waals surface area contributed by atoms with Crippen LogP contribution in [0.2, 0.25) is 0 Å². The predicted molar refractivity (Wildman–Crippen MR) is 78.6 cm³/mol. The molecule has 0 spiro atoms. The highest BCUT2D eigenvalue weighted by Gasteiger charge is 2.45. The number of carbonyl (C=O) groups excluding carboxylic acids is 2. The lowest BCUT2D eigenvalue weighted by Gasteiger charge is -2.33. The molecule has 2 aliphatic heterocycles. The second-order valence-corrected chi connectivity index (χ2v) is 7.00. The minimum absolute atomic E-state index is 0.147. The van der Waals surface area contributed by atoms with Gasteiger partial charge in [0.2, 0.25) is 5.91 Å². The number of carboxylic acid groups (broad SMARTS) is 1. The largest absolute Gasteiger partial charge is 0.480 e. The van der Waals surface area contributed by atoms with Crippen molar-refractivity contribution in [2.24, 2.45) is 17.6 Å². The predicted octanol–water partition coefficient (Wildman–Crippen LogP) is 0.398. The molecule has 0 bridgehead atoms. The number of likely N-dealkylation sites (tertiary alicyclic amines) is 1. The van der Waals surface area contributed by atoms with Crippen molar-refractivity contribution in [3.63, 3.8) is 0 Å². The van der Waals surface area contributed by atoms with E-state index in [4.69, 9.17) is 5.73 Å². The van der Waals surface area contributed by atoms with Gasteiger partial charge < -0.3 is 15.7 Å². The van der Waals surface area contributed by atoms with Gasteiger partial charge in [-0.1, -0.05) is 13.8 Å². The van der Waals surface area contributed by atoms with E-state index in [2.05, 4.69) is 0 Å². The standard InChI is InChI=1S/C13H21N3O4S/c1-7(2)11-16(9(6-21-11)12(18)19)13(20)15-4-3-8(5-15)10(14)17/h7-9,11H,3-6H2,1-2H3,(H2,14,17)(H,18,19). The molecule has 3 N–H and O–H groups in total. The number of nitrogens with zero attached hydrogens (tertiary/aromatic N) is 2. The van der Waals surface area contributed by atoms with Gasteiger partial charge in [0.05, 0.1) is 11.3 Å². The number of primary amides is 1. The average Bonchev–Trinajstić information content (AvgIpc) is 3.04. The summed E-state index contributed by atoms with van der Waals surface area (Å²) in [5.41, 5.74) is 5.28. The fourth-order valence-corrected chi connectivity index (χ4v) is 4.27. The molecule has 2 rings (SSSR count). The Morgan fingerprint density at radius 1 is 1.33 bits per heavy atom. The van der Waals surface area contributed by atoms with Crippen LogP contribution < -0.4 is 5.73 Å². The quantitative estimate of drug-likeness (QED) is 0.784.